The predicted octanol–water partition coefficient (Wildman–Crippen LogP) is 2.94. The fourth-order valence-corrected chi connectivity index (χ4v) is 1.13. The smallest absolute Gasteiger partial charge is 0.271 e. The third kappa shape index (κ3) is 3.30. The Morgan fingerprint density at radius 2 is 2.06 bits per heavy atom. The first kappa shape index (κ1) is 12.1. The van der Waals surface area contributed by atoms with Crippen LogP contribution in [0.15, 0.2) is 34.6 Å². The largest absolute Gasteiger partial charge is 0.279 e. The maximum Gasteiger partial charge on any atom is 0.271 e. The zero-order valence-electron chi connectivity index (χ0n) is 9.33. The van der Waals surface area contributed by atoms with Crippen molar-refractivity contribution in [3.8, 4) is 0 Å². The van der Waals surface area contributed by atoms with E-state index in [0.717, 1.165) is 13.1 Å². The van der Waals surface area contributed by atoms with Crippen molar-refractivity contribution in [1.29, 1.82) is 0 Å². The fourth-order valence-electron chi connectivity index (χ4n) is 1.13. The monoisotopic (exact) mass is 222 g/mol. The molecule has 0 aliphatic rings. The summed E-state index contributed by atoms with van der Waals surface area (Å²) in [4.78, 5) is 10.1. The molecule has 0 radical (unpaired) electrons. The van der Waals surface area contributed by atoms with E-state index >= 15 is 0 Å². The van der Waals surface area contributed by atoms with E-state index in [4.69, 9.17) is 0 Å². The highest BCUT2D eigenvalue weighted by molar-refractivity contribution is 5.45. The number of non-ortho nitro benzene ring substituents is 1. The molecule has 6 nitrogen and oxygen atoms in total. The molecule has 0 aromatic heterocycles. The van der Waals surface area contributed by atoms with Crippen molar-refractivity contribution in [1.82, 2.24) is 5.01 Å². The normalized spacial score (nSPS) is 10.6. The van der Waals surface area contributed by atoms with Crippen LogP contribution in [0.2, 0.25) is 0 Å². The Balaban J connectivity index is 2.81. The summed E-state index contributed by atoms with van der Waals surface area (Å²) >= 11 is 0. The van der Waals surface area contributed by atoms with Gasteiger partial charge in [0, 0.05) is 25.2 Å². The van der Waals surface area contributed by atoms with Crippen LogP contribution in [0.3, 0.4) is 0 Å². The molecule has 0 aliphatic carbocycles. The predicted molar refractivity (Wildman–Crippen MR) is 60.5 cm³/mol. The molecule has 0 N–H and O–H groups in total. The maximum atomic E-state index is 10.5. The van der Waals surface area contributed by atoms with Gasteiger partial charge in [-0.15, -0.1) is 5.11 Å². The van der Waals surface area contributed by atoms with Crippen LogP contribution in [0.4, 0.5) is 11.4 Å². The minimum absolute atomic E-state index is 0.0241. The van der Waals surface area contributed by atoms with Gasteiger partial charge in [0.2, 0.25) is 0 Å². The Labute approximate surface area is 93.7 Å². The summed E-state index contributed by atoms with van der Waals surface area (Å²) in [5, 5.41) is 20.2. The lowest BCUT2D eigenvalue weighted by atomic mass is 10.3. The third-order valence-corrected chi connectivity index (χ3v) is 2.06. The quantitative estimate of drug-likeness (QED) is 0.437. The van der Waals surface area contributed by atoms with E-state index in [1.165, 1.54) is 12.1 Å². The molecule has 1 aromatic carbocycles. The topological polar surface area (TPSA) is 71.1 Å². The van der Waals surface area contributed by atoms with Gasteiger partial charge in [0.1, 0.15) is 0 Å². The van der Waals surface area contributed by atoms with Gasteiger partial charge in [0.25, 0.3) is 5.69 Å². The lowest BCUT2D eigenvalue weighted by Gasteiger charge is -2.10. The van der Waals surface area contributed by atoms with Crippen molar-refractivity contribution >= 4 is 11.4 Å². The van der Waals surface area contributed by atoms with E-state index in [-0.39, 0.29) is 5.69 Å². The minimum Gasteiger partial charge on any atom is -0.279 e. The van der Waals surface area contributed by atoms with Crippen LogP contribution in [-0.4, -0.2) is 23.0 Å². The van der Waals surface area contributed by atoms with Gasteiger partial charge in [0.05, 0.1) is 10.6 Å². The number of nitro benzene ring substituents is 1. The second-order valence-electron chi connectivity index (χ2n) is 3.11. The summed E-state index contributed by atoms with van der Waals surface area (Å²) in [7, 11) is 0. The second-order valence-corrected chi connectivity index (χ2v) is 3.11. The van der Waals surface area contributed by atoms with Crippen molar-refractivity contribution in [2.45, 2.75) is 13.8 Å². The summed E-state index contributed by atoms with van der Waals surface area (Å²) in [5.74, 6) is 0. The van der Waals surface area contributed by atoms with Crippen LogP contribution in [0.1, 0.15) is 13.8 Å². The van der Waals surface area contributed by atoms with Crippen LogP contribution in [0.5, 0.6) is 0 Å². The standard InChI is InChI=1S/C10H14N4O2/c1-3-13(4-2)12-11-9-6-5-7-10(8-9)14(15)16/h5-8H,3-4H2,1-2H3. The lowest BCUT2D eigenvalue weighted by Crippen LogP contribution is -2.14. The molecule has 0 saturated heterocycles. The average molecular weight is 222 g/mol. The molecule has 1 rings (SSSR count). The van der Waals surface area contributed by atoms with Crippen molar-refractivity contribution in [2.75, 3.05) is 13.1 Å². The van der Waals surface area contributed by atoms with Crippen LogP contribution < -0.4 is 0 Å². The van der Waals surface area contributed by atoms with E-state index in [2.05, 4.69) is 10.3 Å². The van der Waals surface area contributed by atoms with E-state index in [9.17, 15) is 10.1 Å². The van der Waals surface area contributed by atoms with E-state index in [1.54, 1.807) is 17.1 Å². The number of hydrogen-bond acceptors (Lipinski definition) is 4. The number of rotatable bonds is 5. The summed E-state index contributed by atoms with van der Waals surface area (Å²) < 4.78 is 0. The van der Waals surface area contributed by atoms with Crippen molar-refractivity contribution in [2.24, 2.45) is 10.3 Å². The van der Waals surface area contributed by atoms with Crippen LogP contribution >= 0.6 is 0 Å². The Bertz CT molecular complexity index is 388. The fraction of sp³-hybridized carbons (Fsp3) is 0.400. The van der Waals surface area contributed by atoms with Gasteiger partial charge in [0.15, 0.2) is 0 Å². The summed E-state index contributed by atoms with van der Waals surface area (Å²) in [5.41, 5.74) is 0.511. The molecule has 0 amide bonds. The van der Waals surface area contributed by atoms with Gasteiger partial charge in [-0.05, 0) is 19.9 Å². The molecule has 0 spiro atoms. The third-order valence-electron chi connectivity index (χ3n) is 2.06. The number of nitrogens with zero attached hydrogens (tertiary/aromatic N) is 4. The van der Waals surface area contributed by atoms with Gasteiger partial charge in [-0.1, -0.05) is 11.3 Å². The summed E-state index contributed by atoms with van der Waals surface area (Å²) in [6.07, 6.45) is 0. The first-order valence-corrected chi connectivity index (χ1v) is 5.08. The molecule has 6 heteroatoms. The average Bonchev–Trinajstić information content (AvgIpc) is 2.31. The van der Waals surface area contributed by atoms with Crippen molar-refractivity contribution in [3.63, 3.8) is 0 Å². The van der Waals surface area contributed by atoms with E-state index in [0.29, 0.717) is 5.69 Å². The van der Waals surface area contributed by atoms with Gasteiger partial charge in [-0.2, -0.15) is 0 Å². The van der Waals surface area contributed by atoms with Crippen molar-refractivity contribution < 1.29 is 4.92 Å². The molecule has 0 aliphatic heterocycles. The highest BCUT2D eigenvalue weighted by Gasteiger charge is 2.04. The van der Waals surface area contributed by atoms with Crippen LogP contribution in [0.25, 0.3) is 0 Å². The molecular weight excluding hydrogens is 208 g/mol. The highest BCUT2D eigenvalue weighted by Crippen LogP contribution is 2.19. The van der Waals surface area contributed by atoms with Crippen LogP contribution in [-0.2, 0) is 0 Å². The van der Waals surface area contributed by atoms with E-state index in [1.807, 2.05) is 13.8 Å². The van der Waals surface area contributed by atoms with Gasteiger partial charge in [-0.3, -0.25) is 15.1 Å². The molecule has 0 heterocycles. The zero-order chi connectivity index (χ0) is 12.0. The molecule has 1 aromatic rings. The Morgan fingerprint density at radius 3 is 2.62 bits per heavy atom. The molecule has 16 heavy (non-hydrogen) atoms. The van der Waals surface area contributed by atoms with Crippen molar-refractivity contribution in [3.05, 3.63) is 34.4 Å². The number of hydrogen-bond donors (Lipinski definition) is 0. The van der Waals surface area contributed by atoms with E-state index < -0.39 is 4.92 Å². The molecule has 0 unspecified atom stereocenters. The van der Waals surface area contributed by atoms with Gasteiger partial charge < -0.3 is 0 Å². The minimum atomic E-state index is -0.448. The highest BCUT2D eigenvalue weighted by atomic mass is 16.6. The molecule has 0 fully saturated rings. The lowest BCUT2D eigenvalue weighted by molar-refractivity contribution is -0.384. The first-order valence-electron chi connectivity index (χ1n) is 5.08. The first-order chi connectivity index (χ1) is 7.67. The number of nitro groups is 1. The Kier molecular flexibility index (Phi) is 4.38. The molecular formula is C10H14N4O2. The summed E-state index contributed by atoms with van der Waals surface area (Å²) in [6, 6.07) is 6.10. The molecule has 0 bridgehead atoms. The van der Waals surface area contributed by atoms with Gasteiger partial charge >= 0.3 is 0 Å². The molecule has 0 atom stereocenters. The van der Waals surface area contributed by atoms with Crippen LogP contribution in [0, 0.1) is 10.1 Å². The SMILES string of the molecule is CCN(CC)N=Nc1cccc([N+](=O)[O-])c1. The molecule has 86 valence electrons. The number of benzene rings is 1. The summed E-state index contributed by atoms with van der Waals surface area (Å²) in [6.45, 7) is 5.45. The Morgan fingerprint density at radius 1 is 1.38 bits per heavy atom. The Hall–Kier alpha value is -1.98. The second kappa shape index (κ2) is 5.79. The van der Waals surface area contributed by atoms with Gasteiger partial charge in [-0.25, -0.2) is 0 Å². The maximum absolute atomic E-state index is 10.5. The molecule has 0 saturated carbocycles. The zero-order valence-corrected chi connectivity index (χ0v) is 9.33.